The Labute approximate surface area is 404 Å². The average Bonchev–Trinajstić information content (AvgIpc) is 3.26. The van der Waals surface area contributed by atoms with E-state index >= 15 is 0 Å². The van der Waals surface area contributed by atoms with Crippen molar-refractivity contribution in [2.24, 2.45) is 50.2 Å². The molecule has 7 rings (SSSR count). The van der Waals surface area contributed by atoms with Crippen LogP contribution in [0.2, 0.25) is 0 Å². The molecule has 16 nitrogen and oxygen atoms in total. The van der Waals surface area contributed by atoms with E-state index in [1.54, 1.807) is 30.3 Å². The number of hydrogen-bond acceptors (Lipinski definition) is 16. The standard InChI is InChI=1S/C53H69NO15/c1-28(55)63-27-37-41(65-29(2)56)42(66-30(3)57)43(67-31(4)58)46(69-37)68-33-15-13-32(14-16-33)26-64-45-34(25-54)44(60)52(11)38(49(45,7)8)17-18-50(9)39(52)23-36(59)40-35-24-48(5,6)19-21-53(35,47(61)62-12)22-20-51(40,50)10/h13-16,23,35,37-38,40-44,46,60H,17-22,24,26-27H2,1-12H3/t35-,37+,38-,40-,41-,42-,43+,44?,46-,50+,51+,52-,53-/m0/s1. The first-order valence-corrected chi connectivity index (χ1v) is 24.1. The van der Waals surface area contributed by atoms with Crippen molar-refractivity contribution in [3.63, 3.8) is 0 Å². The van der Waals surface area contributed by atoms with Crippen LogP contribution in [0.1, 0.15) is 127 Å². The number of nitriles is 1. The maximum Gasteiger partial charge on any atom is 0.312 e. The third kappa shape index (κ3) is 8.74. The SMILES string of the molecule is COC(=O)[C@]12CCC(C)(C)C[C@H]1[C@H]1C(=O)C=C3[C@@]4(C)C(O)C(C#N)=C(OCc5ccc(O[C@H]6O[C@H](COC(C)=O)[C@H](OC(C)=O)[C@H](OC(C)=O)[C@H]6OC(C)=O)cc5)C(C)(C)[C@@H]4CC[C@@]3(C)[C@]1(C)CC2. The number of nitrogens with zero attached hydrogens (tertiary/aromatic N) is 1. The van der Waals surface area contributed by atoms with E-state index in [1.165, 1.54) is 14.0 Å². The fraction of sp³-hybridized carbons (Fsp3) is 0.679. The molecule has 0 aromatic heterocycles. The van der Waals surface area contributed by atoms with E-state index in [4.69, 9.17) is 37.9 Å². The number of aliphatic hydroxyl groups excluding tert-OH is 1. The van der Waals surface area contributed by atoms with Crippen molar-refractivity contribution in [1.82, 2.24) is 0 Å². The number of methoxy groups -OCH3 is 1. The number of aliphatic hydroxyl groups is 1. The molecule has 1 aromatic rings. The predicted molar refractivity (Wildman–Crippen MR) is 245 cm³/mol. The molecule has 1 aromatic carbocycles. The lowest BCUT2D eigenvalue weighted by molar-refractivity contribution is -0.288. The predicted octanol–water partition coefficient (Wildman–Crippen LogP) is 7.18. The van der Waals surface area contributed by atoms with E-state index in [0.717, 1.165) is 45.6 Å². The lowest BCUT2D eigenvalue weighted by atomic mass is 9.33. The van der Waals surface area contributed by atoms with Crippen molar-refractivity contribution >= 4 is 35.6 Å². The van der Waals surface area contributed by atoms with Gasteiger partial charge in [-0.3, -0.25) is 28.8 Å². The van der Waals surface area contributed by atoms with E-state index in [9.17, 15) is 39.1 Å². The van der Waals surface area contributed by atoms with Crippen LogP contribution in [0.5, 0.6) is 5.75 Å². The van der Waals surface area contributed by atoms with Crippen LogP contribution in [0.15, 0.2) is 47.2 Å². The summed E-state index contributed by atoms with van der Waals surface area (Å²) in [6.07, 6.45) is -1.25. The first-order valence-electron chi connectivity index (χ1n) is 24.1. The number of carbonyl (C=O) groups excluding carboxylic acids is 6. The van der Waals surface area contributed by atoms with Gasteiger partial charge in [0.05, 0.1) is 18.1 Å². The Bertz CT molecular complexity index is 2360. The number of allylic oxidation sites excluding steroid dienone is 2. The lowest BCUT2D eigenvalue weighted by Gasteiger charge is -2.69. The minimum Gasteiger partial charge on any atom is -0.492 e. The fourth-order valence-corrected chi connectivity index (χ4v) is 13.9. The highest BCUT2D eigenvalue weighted by atomic mass is 16.7. The molecule has 376 valence electrons. The molecule has 1 N–H and O–H groups in total. The quantitative estimate of drug-likeness (QED) is 0.171. The van der Waals surface area contributed by atoms with E-state index in [-0.39, 0.29) is 46.9 Å². The number of fused-ring (bicyclic) bond motifs is 7. The molecule has 13 atom stereocenters. The summed E-state index contributed by atoms with van der Waals surface area (Å²) in [7, 11) is 1.45. The molecule has 16 heteroatoms. The molecule has 0 radical (unpaired) electrons. The highest BCUT2D eigenvalue weighted by molar-refractivity contribution is 5.96. The maximum atomic E-state index is 15.0. The van der Waals surface area contributed by atoms with Crippen molar-refractivity contribution in [3.8, 4) is 11.8 Å². The number of esters is 5. The second kappa shape index (κ2) is 18.5. The molecule has 5 aliphatic carbocycles. The van der Waals surface area contributed by atoms with Crippen LogP contribution in [0.3, 0.4) is 0 Å². The van der Waals surface area contributed by atoms with Crippen LogP contribution < -0.4 is 4.74 Å². The summed E-state index contributed by atoms with van der Waals surface area (Å²) in [5, 5.41) is 23.5. The van der Waals surface area contributed by atoms with Gasteiger partial charge in [-0.15, -0.1) is 0 Å². The highest BCUT2D eigenvalue weighted by Gasteiger charge is 2.72. The van der Waals surface area contributed by atoms with Gasteiger partial charge in [0.2, 0.25) is 12.4 Å². The van der Waals surface area contributed by atoms with Gasteiger partial charge in [-0.1, -0.05) is 66.2 Å². The Morgan fingerprint density at radius 3 is 2.01 bits per heavy atom. The zero-order valence-corrected chi connectivity index (χ0v) is 42.1. The molecule has 0 bridgehead atoms. The summed E-state index contributed by atoms with van der Waals surface area (Å²) in [6.45, 7) is 19.2. The number of hydrogen-bond donors (Lipinski definition) is 1. The number of rotatable bonds is 11. The van der Waals surface area contributed by atoms with Crippen molar-refractivity contribution in [1.29, 1.82) is 5.26 Å². The largest absolute Gasteiger partial charge is 0.492 e. The normalized spacial score (nSPS) is 37.4. The zero-order chi connectivity index (χ0) is 50.8. The third-order valence-electron chi connectivity index (χ3n) is 17.4. The van der Waals surface area contributed by atoms with Gasteiger partial charge in [-0.05, 0) is 96.8 Å². The number of ether oxygens (including phenoxy) is 8. The van der Waals surface area contributed by atoms with Gasteiger partial charge in [0.15, 0.2) is 18.0 Å². The molecule has 0 amide bonds. The van der Waals surface area contributed by atoms with Gasteiger partial charge in [0.25, 0.3) is 0 Å². The summed E-state index contributed by atoms with van der Waals surface area (Å²) in [6, 6.07) is 8.98. The molecule has 6 aliphatic rings. The van der Waals surface area contributed by atoms with Crippen LogP contribution in [0.4, 0.5) is 0 Å². The van der Waals surface area contributed by atoms with Crippen LogP contribution in [-0.4, -0.2) is 91.3 Å². The molecular weight excluding hydrogens is 891 g/mol. The number of ketones is 1. The lowest BCUT2D eigenvalue weighted by Crippen LogP contribution is -2.67. The number of benzene rings is 1. The molecule has 1 aliphatic heterocycles. The van der Waals surface area contributed by atoms with Gasteiger partial charge >= 0.3 is 29.8 Å². The van der Waals surface area contributed by atoms with Gasteiger partial charge in [-0.2, -0.15) is 5.26 Å². The van der Waals surface area contributed by atoms with Crippen molar-refractivity contribution in [3.05, 3.63) is 52.8 Å². The van der Waals surface area contributed by atoms with E-state index in [0.29, 0.717) is 37.0 Å². The minimum atomic E-state index is -1.43. The Hall–Kier alpha value is -5.27. The Balaban J connectivity index is 1.15. The maximum absolute atomic E-state index is 15.0. The van der Waals surface area contributed by atoms with E-state index in [1.807, 2.05) is 20.8 Å². The summed E-state index contributed by atoms with van der Waals surface area (Å²) in [5.41, 5.74) is -1.91. The summed E-state index contributed by atoms with van der Waals surface area (Å²) < 4.78 is 46.0. The van der Waals surface area contributed by atoms with Crippen molar-refractivity contribution in [2.45, 2.75) is 165 Å². The zero-order valence-electron chi connectivity index (χ0n) is 42.1. The fourth-order valence-electron chi connectivity index (χ4n) is 13.9. The Kier molecular flexibility index (Phi) is 13.8. The molecule has 69 heavy (non-hydrogen) atoms. The van der Waals surface area contributed by atoms with E-state index < -0.39 is 100 Å². The summed E-state index contributed by atoms with van der Waals surface area (Å²) in [4.78, 5) is 77.3. The minimum absolute atomic E-state index is 0.0117. The van der Waals surface area contributed by atoms with Crippen LogP contribution >= 0.6 is 0 Å². The molecule has 1 saturated heterocycles. The first-order chi connectivity index (χ1) is 32.2. The van der Waals surface area contributed by atoms with Crippen molar-refractivity contribution in [2.75, 3.05) is 13.7 Å². The van der Waals surface area contributed by atoms with E-state index in [2.05, 4.69) is 33.8 Å². The van der Waals surface area contributed by atoms with Crippen LogP contribution in [-0.2, 0) is 68.5 Å². The average molecular weight is 960 g/mol. The first kappa shape index (κ1) is 51.6. The molecule has 1 unspecified atom stereocenters. The second-order valence-electron chi connectivity index (χ2n) is 22.3. The van der Waals surface area contributed by atoms with Gasteiger partial charge < -0.3 is 43.0 Å². The molecular formula is C53H69NO15. The second-order valence-corrected chi connectivity index (χ2v) is 22.3. The third-order valence-corrected chi connectivity index (χ3v) is 17.4. The number of carbonyl (C=O) groups is 6. The summed E-state index contributed by atoms with van der Waals surface area (Å²) in [5.74, 6) is -3.38. The molecule has 0 spiro atoms. The molecule has 4 fully saturated rings. The monoisotopic (exact) mass is 959 g/mol. The highest BCUT2D eigenvalue weighted by Crippen LogP contribution is 2.75. The smallest absolute Gasteiger partial charge is 0.312 e. The van der Waals surface area contributed by atoms with Gasteiger partial charge in [0, 0.05) is 44.4 Å². The van der Waals surface area contributed by atoms with Gasteiger partial charge in [0.1, 0.15) is 43.0 Å². The van der Waals surface area contributed by atoms with Crippen LogP contribution in [0.25, 0.3) is 0 Å². The summed E-state index contributed by atoms with van der Waals surface area (Å²) >= 11 is 0. The molecule has 3 saturated carbocycles. The van der Waals surface area contributed by atoms with Gasteiger partial charge in [-0.25, -0.2) is 0 Å². The Morgan fingerprint density at radius 1 is 0.812 bits per heavy atom. The topological polar surface area (TPSA) is 220 Å². The van der Waals surface area contributed by atoms with Crippen LogP contribution in [0, 0.1) is 61.6 Å². The molecule has 1 heterocycles. The Morgan fingerprint density at radius 2 is 1.42 bits per heavy atom. The van der Waals surface area contributed by atoms with Crippen molar-refractivity contribution < 1.29 is 71.8 Å².